The summed E-state index contributed by atoms with van der Waals surface area (Å²) >= 11 is 0. The minimum Gasteiger partial charge on any atom is -0.258 e. The number of nitro benzene ring substituents is 1. The van der Waals surface area contributed by atoms with E-state index >= 15 is 0 Å². The molecule has 0 spiro atoms. The average molecular weight is 297 g/mol. The molecule has 20 heavy (non-hydrogen) atoms. The van der Waals surface area contributed by atoms with Crippen molar-refractivity contribution in [2.24, 2.45) is 0 Å². The number of benzene rings is 1. The summed E-state index contributed by atoms with van der Waals surface area (Å²) in [6.07, 6.45) is 0.0200. The Morgan fingerprint density at radius 1 is 1.45 bits per heavy atom. The van der Waals surface area contributed by atoms with Gasteiger partial charge < -0.3 is 0 Å². The lowest BCUT2D eigenvalue weighted by atomic mass is 10.1. The van der Waals surface area contributed by atoms with Crippen LogP contribution in [0.5, 0.6) is 0 Å². The summed E-state index contributed by atoms with van der Waals surface area (Å²) in [5.41, 5.74) is 0.696. The van der Waals surface area contributed by atoms with E-state index in [1.807, 2.05) is 6.07 Å². The van der Waals surface area contributed by atoms with Crippen LogP contribution < -0.4 is 4.72 Å². The third-order valence-electron chi connectivity index (χ3n) is 2.86. The zero-order valence-corrected chi connectivity index (χ0v) is 12.2. The fraction of sp³-hybridized carbons (Fsp3) is 0.417. The number of non-ortho nitro benzene ring substituents is 1. The van der Waals surface area contributed by atoms with E-state index in [0.29, 0.717) is 11.1 Å². The monoisotopic (exact) mass is 297 g/mol. The average Bonchev–Trinajstić information content (AvgIpc) is 2.31. The van der Waals surface area contributed by atoms with Crippen LogP contribution in [-0.2, 0) is 10.0 Å². The van der Waals surface area contributed by atoms with Crippen LogP contribution in [-0.4, -0.2) is 19.4 Å². The van der Waals surface area contributed by atoms with E-state index < -0.39 is 21.0 Å². The van der Waals surface area contributed by atoms with E-state index in [0.717, 1.165) is 6.07 Å². The molecule has 0 aliphatic heterocycles. The van der Waals surface area contributed by atoms with Crippen molar-refractivity contribution in [3.8, 4) is 6.07 Å². The molecule has 0 bridgehead atoms. The lowest BCUT2D eigenvalue weighted by Gasteiger charge is -2.14. The van der Waals surface area contributed by atoms with Crippen LogP contribution in [0.4, 0.5) is 5.69 Å². The molecule has 0 aliphatic carbocycles. The molecule has 8 heteroatoms. The topological polar surface area (TPSA) is 113 Å². The van der Waals surface area contributed by atoms with Crippen molar-refractivity contribution < 1.29 is 13.3 Å². The van der Waals surface area contributed by atoms with Gasteiger partial charge in [-0.05, 0) is 31.9 Å². The van der Waals surface area contributed by atoms with E-state index in [1.165, 1.54) is 6.07 Å². The molecule has 108 valence electrons. The summed E-state index contributed by atoms with van der Waals surface area (Å²) in [6, 6.07) is 3.65. The van der Waals surface area contributed by atoms with Crippen LogP contribution in [0.2, 0.25) is 0 Å². The smallest absolute Gasteiger partial charge is 0.258 e. The number of nitro groups is 1. The van der Waals surface area contributed by atoms with E-state index in [1.54, 1.807) is 20.8 Å². The first-order valence-electron chi connectivity index (χ1n) is 5.84. The molecule has 1 unspecified atom stereocenters. The van der Waals surface area contributed by atoms with Crippen molar-refractivity contribution in [1.82, 2.24) is 4.72 Å². The van der Waals surface area contributed by atoms with E-state index in [2.05, 4.69) is 4.72 Å². The van der Waals surface area contributed by atoms with Crippen molar-refractivity contribution in [3.63, 3.8) is 0 Å². The molecule has 0 aliphatic rings. The van der Waals surface area contributed by atoms with Crippen LogP contribution in [0.15, 0.2) is 17.0 Å². The third-order valence-corrected chi connectivity index (χ3v) is 4.57. The van der Waals surface area contributed by atoms with Crippen LogP contribution in [0.25, 0.3) is 0 Å². The third kappa shape index (κ3) is 3.53. The molecule has 7 nitrogen and oxygen atoms in total. The minimum atomic E-state index is -3.90. The molecule has 0 heterocycles. The van der Waals surface area contributed by atoms with Crippen molar-refractivity contribution in [2.45, 2.75) is 38.1 Å². The van der Waals surface area contributed by atoms with Crippen LogP contribution in [0, 0.1) is 35.3 Å². The largest absolute Gasteiger partial charge is 0.271 e. The van der Waals surface area contributed by atoms with E-state index in [-0.39, 0.29) is 17.0 Å². The molecule has 1 rings (SSSR count). The lowest BCUT2D eigenvalue weighted by molar-refractivity contribution is -0.385. The second-order valence-corrected chi connectivity index (χ2v) is 6.21. The van der Waals surface area contributed by atoms with Crippen molar-refractivity contribution in [1.29, 1.82) is 5.26 Å². The van der Waals surface area contributed by atoms with Crippen molar-refractivity contribution in [2.75, 3.05) is 0 Å². The van der Waals surface area contributed by atoms with Crippen LogP contribution in [0.1, 0.15) is 24.5 Å². The SMILES string of the molecule is Cc1cc([N+](=O)[O-])cc(S(=O)(=O)NC(C)CC#N)c1C. The summed E-state index contributed by atoms with van der Waals surface area (Å²) in [6.45, 7) is 4.75. The van der Waals surface area contributed by atoms with Gasteiger partial charge in [0.2, 0.25) is 10.0 Å². The van der Waals surface area contributed by atoms with Gasteiger partial charge in [0.05, 0.1) is 22.3 Å². The summed E-state index contributed by atoms with van der Waals surface area (Å²) in [4.78, 5) is 10.1. The minimum absolute atomic E-state index is 0.0200. The number of aryl methyl sites for hydroxylation is 1. The summed E-state index contributed by atoms with van der Waals surface area (Å²) in [5, 5.41) is 19.4. The van der Waals surface area contributed by atoms with Gasteiger partial charge in [-0.25, -0.2) is 13.1 Å². The van der Waals surface area contributed by atoms with E-state index in [4.69, 9.17) is 5.26 Å². The first-order chi connectivity index (χ1) is 9.19. The standard InChI is InChI=1S/C12H15N3O4S/c1-8-6-11(15(16)17)7-12(10(8)3)20(18,19)14-9(2)4-5-13/h6-7,9,14H,4H2,1-3H3. The Morgan fingerprint density at radius 3 is 2.55 bits per heavy atom. The molecule has 0 aromatic heterocycles. The number of nitrogens with one attached hydrogen (secondary N) is 1. The van der Waals surface area contributed by atoms with Gasteiger partial charge in [-0.2, -0.15) is 5.26 Å². The summed E-state index contributed by atoms with van der Waals surface area (Å²) < 4.78 is 26.8. The molecule has 0 saturated carbocycles. The Labute approximate surface area is 117 Å². The highest BCUT2D eigenvalue weighted by molar-refractivity contribution is 7.89. The van der Waals surface area contributed by atoms with Gasteiger partial charge in [0.25, 0.3) is 5.69 Å². The second-order valence-electron chi connectivity index (χ2n) is 4.53. The lowest BCUT2D eigenvalue weighted by Crippen LogP contribution is -2.32. The number of nitrogens with zero attached hydrogens (tertiary/aromatic N) is 2. The van der Waals surface area contributed by atoms with Crippen molar-refractivity contribution in [3.05, 3.63) is 33.4 Å². The number of rotatable bonds is 5. The molecule has 1 aromatic carbocycles. The molecule has 0 saturated heterocycles. The number of hydrogen-bond acceptors (Lipinski definition) is 5. The molecular formula is C12H15N3O4S. The predicted octanol–water partition coefficient (Wildman–Crippen LogP) is 1.79. The zero-order chi connectivity index (χ0) is 15.5. The van der Waals surface area contributed by atoms with Gasteiger partial charge in [-0.3, -0.25) is 10.1 Å². The predicted molar refractivity (Wildman–Crippen MR) is 72.6 cm³/mol. The fourth-order valence-corrected chi connectivity index (χ4v) is 3.28. The Balaban J connectivity index is 3.31. The first-order valence-corrected chi connectivity index (χ1v) is 7.32. The van der Waals surface area contributed by atoms with Crippen LogP contribution in [0.3, 0.4) is 0 Å². The quantitative estimate of drug-likeness (QED) is 0.657. The normalized spacial score (nSPS) is 12.7. The highest BCUT2D eigenvalue weighted by Gasteiger charge is 2.23. The maximum atomic E-state index is 12.2. The Kier molecular flexibility index (Phi) is 4.81. The molecule has 1 atom stereocenters. The molecule has 0 radical (unpaired) electrons. The molecule has 1 aromatic rings. The van der Waals surface area contributed by atoms with Gasteiger partial charge in [0.1, 0.15) is 0 Å². The summed E-state index contributed by atoms with van der Waals surface area (Å²) in [7, 11) is -3.90. The number of nitriles is 1. The Bertz CT molecular complexity index is 677. The van der Waals surface area contributed by atoms with Gasteiger partial charge in [-0.15, -0.1) is 0 Å². The highest BCUT2D eigenvalue weighted by Crippen LogP contribution is 2.25. The maximum absolute atomic E-state index is 12.2. The Hall–Kier alpha value is -1.98. The number of hydrogen-bond donors (Lipinski definition) is 1. The maximum Gasteiger partial charge on any atom is 0.271 e. The van der Waals surface area contributed by atoms with Gasteiger partial charge >= 0.3 is 0 Å². The van der Waals surface area contributed by atoms with E-state index in [9.17, 15) is 18.5 Å². The Morgan fingerprint density at radius 2 is 2.05 bits per heavy atom. The molecule has 1 N–H and O–H groups in total. The zero-order valence-electron chi connectivity index (χ0n) is 11.4. The van der Waals surface area contributed by atoms with Gasteiger partial charge in [-0.1, -0.05) is 0 Å². The first kappa shape index (κ1) is 16.1. The fourth-order valence-electron chi connectivity index (χ4n) is 1.70. The van der Waals surface area contributed by atoms with Gasteiger partial charge in [0, 0.05) is 18.2 Å². The van der Waals surface area contributed by atoms with Gasteiger partial charge in [0.15, 0.2) is 0 Å². The second kappa shape index (κ2) is 5.98. The highest BCUT2D eigenvalue weighted by atomic mass is 32.2. The molecule has 0 amide bonds. The number of sulfonamides is 1. The van der Waals surface area contributed by atoms with Crippen molar-refractivity contribution >= 4 is 15.7 Å². The molecule has 0 fully saturated rings. The summed E-state index contributed by atoms with van der Waals surface area (Å²) in [5.74, 6) is 0. The van der Waals surface area contributed by atoms with Crippen LogP contribution >= 0.6 is 0 Å². The molecular weight excluding hydrogens is 282 g/mol.